The minimum atomic E-state index is 0.0785. The van der Waals surface area contributed by atoms with E-state index in [1.165, 1.54) is 32.1 Å². The molecular formula is C18H24O2. The molecule has 2 rings (SSSR count). The van der Waals surface area contributed by atoms with Crippen LogP contribution < -0.4 is 0 Å². The number of Topliss-reactive ketones (excluding diaryl/α,β-unsaturated/α-hetero) is 2. The molecule has 0 heterocycles. The van der Waals surface area contributed by atoms with Crippen molar-refractivity contribution in [2.45, 2.75) is 51.9 Å². The second kappa shape index (κ2) is 7.37. The summed E-state index contributed by atoms with van der Waals surface area (Å²) in [4.78, 5) is 24.2. The minimum absolute atomic E-state index is 0.0785. The molecule has 1 aliphatic rings. The molecule has 0 aromatic heterocycles. The molecule has 1 fully saturated rings. The second-order valence-electron chi connectivity index (χ2n) is 5.94. The summed E-state index contributed by atoms with van der Waals surface area (Å²) in [5, 5.41) is 0. The van der Waals surface area contributed by atoms with Crippen LogP contribution in [0.5, 0.6) is 0 Å². The molecule has 1 aromatic rings. The van der Waals surface area contributed by atoms with E-state index in [0.29, 0.717) is 24.3 Å². The molecule has 0 spiro atoms. The van der Waals surface area contributed by atoms with Crippen LogP contribution in [0.25, 0.3) is 0 Å². The lowest BCUT2D eigenvalue weighted by Gasteiger charge is -2.26. The lowest BCUT2D eigenvalue weighted by molar-refractivity contribution is -0.124. The summed E-state index contributed by atoms with van der Waals surface area (Å²) in [6.45, 7) is 2.05. The van der Waals surface area contributed by atoms with Gasteiger partial charge in [0.15, 0.2) is 5.78 Å². The molecule has 0 radical (unpaired) electrons. The molecule has 0 N–H and O–H groups in total. The molecule has 0 aliphatic heterocycles. The first kappa shape index (κ1) is 15.0. The SMILES string of the molecule is C[C@H](C(=O)CCC(=O)c1ccccc1)C1CCCCC1. The Morgan fingerprint density at radius 2 is 1.70 bits per heavy atom. The van der Waals surface area contributed by atoms with E-state index in [2.05, 4.69) is 0 Å². The number of rotatable bonds is 6. The van der Waals surface area contributed by atoms with Crippen LogP contribution in [0.4, 0.5) is 0 Å². The van der Waals surface area contributed by atoms with Crippen molar-refractivity contribution < 1.29 is 9.59 Å². The van der Waals surface area contributed by atoms with E-state index in [-0.39, 0.29) is 17.5 Å². The van der Waals surface area contributed by atoms with Gasteiger partial charge in [0.25, 0.3) is 0 Å². The van der Waals surface area contributed by atoms with Crippen LogP contribution in [0.1, 0.15) is 62.2 Å². The van der Waals surface area contributed by atoms with E-state index in [1.54, 1.807) is 0 Å². The Morgan fingerprint density at radius 3 is 2.35 bits per heavy atom. The van der Waals surface area contributed by atoms with Crippen LogP contribution in [-0.2, 0) is 4.79 Å². The Morgan fingerprint density at radius 1 is 1.05 bits per heavy atom. The van der Waals surface area contributed by atoms with Crippen LogP contribution in [0.2, 0.25) is 0 Å². The number of carbonyl (C=O) groups excluding carboxylic acids is 2. The topological polar surface area (TPSA) is 34.1 Å². The third-order valence-corrected chi connectivity index (χ3v) is 4.56. The molecule has 108 valence electrons. The standard InChI is InChI=1S/C18H24O2/c1-14(15-8-4-2-5-9-15)17(19)12-13-18(20)16-10-6-3-7-11-16/h3,6-7,10-11,14-15H,2,4-5,8-9,12-13H2,1H3/t14-/m0/s1. The maximum atomic E-state index is 12.2. The van der Waals surface area contributed by atoms with E-state index >= 15 is 0 Å². The third kappa shape index (κ3) is 4.03. The average molecular weight is 272 g/mol. The number of hydrogen-bond acceptors (Lipinski definition) is 2. The highest BCUT2D eigenvalue weighted by Crippen LogP contribution is 2.31. The Kier molecular flexibility index (Phi) is 5.51. The highest BCUT2D eigenvalue weighted by Gasteiger charge is 2.25. The van der Waals surface area contributed by atoms with Crippen molar-refractivity contribution in [3.8, 4) is 0 Å². The molecule has 1 aliphatic carbocycles. The lowest BCUT2D eigenvalue weighted by atomic mass is 9.78. The summed E-state index contributed by atoms with van der Waals surface area (Å²) in [6.07, 6.45) is 6.92. The number of ketones is 2. The summed E-state index contributed by atoms with van der Waals surface area (Å²) in [5.74, 6) is 1.01. The van der Waals surface area contributed by atoms with E-state index in [4.69, 9.17) is 0 Å². The largest absolute Gasteiger partial charge is 0.299 e. The molecule has 0 saturated heterocycles. The van der Waals surface area contributed by atoms with Gasteiger partial charge >= 0.3 is 0 Å². The zero-order valence-corrected chi connectivity index (χ0v) is 12.3. The summed E-state index contributed by atoms with van der Waals surface area (Å²) < 4.78 is 0. The van der Waals surface area contributed by atoms with Crippen molar-refractivity contribution in [3.63, 3.8) is 0 Å². The molecule has 1 atom stereocenters. The van der Waals surface area contributed by atoms with Gasteiger partial charge in [-0.3, -0.25) is 9.59 Å². The highest BCUT2D eigenvalue weighted by molar-refractivity contribution is 5.98. The van der Waals surface area contributed by atoms with Gasteiger partial charge in [0.1, 0.15) is 5.78 Å². The maximum Gasteiger partial charge on any atom is 0.163 e. The summed E-state index contributed by atoms with van der Waals surface area (Å²) in [6, 6.07) is 9.25. The van der Waals surface area contributed by atoms with E-state index in [1.807, 2.05) is 37.3 Å². The molecule has 2 heteroatoms. The number of hydrogen-bond donors (Lipinski definition) is 0. The molecule has 0 amide bonds. The molecule has 1 aromatic carbocycles. The monoisotopic (exact) mass is 272 g/mol. The van der Waals surface area contributed by atoms with Crippen molar-refractivity contribution in [2.75, 3.05) is 0 Å². The first-order chi connectivity index (χ1) is 9.68. The summed E-state index contributed by atoms with van der Waals surface area (Å²) >= 11 is 0. The average Bonchev–Trinajstić information content (AvgIpc) is 2.53. The number of benzene rings is 1. The predicted octanol–water partition coefficient (Wildman–Crippen LogP) is 4.44. The first-order valence-corrected chi connectivity index (χ1v) is 7.79. The Hall–Kier alpha value is -1.44. The van der Waals surface area contributed by atoms with Crippen molar-refractivity contribution in [1.29, 1.82) is 0 Å². The van der Waals surface area contributed by atoms with E-state index in [9.17, 15) is 9.59 Å². The predicted molar refractivity (Wildman–Crippen MR) is 80.8 cm³/mol. The van der Waals surface area contributed by atoms with E-state index < -0.39 is 0 Å². The normalized spacial score (nSPS) is 17.6. The smallest absolute Gasteiger partial charge is 0.163 e. The molecule has 2 nitrogen and oxygen atoms in total. The molecular weight excluding hydrogens is 248 g/mol. The van der Waals surface area contributed by atoms with Gasteiger partial charge in [-0.2, -0.15) is 0 Å². The molecule has 0 unspecified atom stereocenters. The molecule has 20 heavy (non-hydrogen) atoms. The van der Waals surface area contributed by atoms with Crippen LogP contribution >= 0.6 is 0 Å². The Bertz CT molecular complexity index is 444. The van der Waals surface area contributed by atoms with Gasteiger partial charge in [-0.15, -0.1) is 0 Å². The minimum Gasteiger partial charge on any atom is -0.299 e. The molecule has 1 saturated carbocycles. The van der Waals surface area contributed by atoms with Gasteiger partial charge in [-0.1, -0.05) is 56.5 Å². The Labute approximate surface area is 121 Å². The van der Waals surface area contributed by atoms with E-state index in [0.717, 1.165) is 0 Å². The van der Waals surface area contributed by atoms with Crippen molar-refractivity contribution in [1.82, 2.24) is 0 Å². The zero-order chi connectivity index (χ0) is 14.4. The zero-order valence-electron chi connectivity index (χ0n) is 12.3. The van der Waals surface area contributed by atoms with Crippen molar-refractivity contribution >= 4 is 11.6 Å². The van der Waals surface area contributed by atoms with Crippen LogP contribution in [0.3, 0.4) is 0 Å². The van der Waals surface area contributed by atoms with Gasteiger partial charge in [-0.25, -0.2) is 0 Å². The summed E-state index contributed by atoms with van der Waals surface area (Å²) in [5.41, 5.74) is 0.714. The maximum absolute atomic E-state index is 12.2. The lowest BCUT2D eigenvalue weighted by Crippen LogP contribution is -2.23. The van der Waals surface area contributed by atoms with Gasteiger partial charge in [0.05, 0.1) is 0 Å². The van der Waals surface area contributed by atoms with Crippen molar-refractivity contribution in [2.24, 2.45) is 11.8 Å². The second-order valence-corrected chi connectivity index (χ2v) is 5.94. The fraction of sp³-hybridized carbons (Fsp3) is 0.556. The van der Waals surface area contributed by atoms with Gasteiger partial charge in [0, 0.05) is 24.3 Å². The summed E-state index contributed by atoms with van der Waals surface area (Å²) in [7, 11) is 0. The van der Waals surface area contributed by atoms with Crippen molar-refractivity contribution in [3.05, 3.63) is 35.9 Å². The van der Waals surface area contributed by atoms with Gasteiger partial charge < -0.3 is 0 Å². The van der Waals surface area contributed by atoms with Crippen LogP contribution in [0.15, 0.2) is 30.3 Å². The molecule has 0 bridgehead atoms. The van der Waals surface area contributed by atoms with Gasteiger partial charge in [0.2, 0.25) is 0 Å². The van der Waals surface area contributed by atoms with Gasteiger partial charge in [-0.05, 0) is 18.8 Å². The Balaban J connectivity index is 1.81. The third-order valence-electron chi connectivity index (χ3n) is 4.56. The fourth-order valence-corrected chi connectivity index (χ4v) is 3.13. The van der Waals surface area contributed by atoms with Crippen LogP contribution in [0, 0.1) is 11.8 Å². The number of carbonyl (C=O) groups is 2. The quantitative estimate of drug-likeness (QED) is 0.718. The first-order valence-electron chi connectivity index (χ1n) is 7.79. The van der Waals surface area contributed by atoms with Crippen LogP contribution in [-0.4, -0.2) is 11.6 Å². The fourth-order valence-electron chi connectivity index (χ4n) is 3.13. The highest BCUT2D eigenvalue weighted by atomic mass is 16.1.